The monoisotopic (exact) mass is 463 g/mol. The maximum atomic E-state index is 13.0. The van der Waals surface area contributed by atoms with Crippen LogP contribution in [0.15, 0.2) is 41.5 Å². The van der Waals surface area contributed by atoms with E-state index in [2.05, 4.69) is 21.9 Å². The standard InChI is InChI=1S/C25H29N5O4/c1-18(19-7-4-3-5-8-19)15-21(32)29-12-10-25(34,11-13-29)16-30-17-26-22-20(9-6-14-31)28(2)27-23(22)24(30)33/h3-5,7-8,17-18,31,34H,10-16H2,1-2H3. The van der Waals surface area contributed by atoms with Crippen LogP contribution in [0.4, 0.5) is 0 Å². The molecule has 0 aliphatic carbocycles. The van der Waals surface area contributed by atoms with Gasteiger partial charge in [0.1, 0.15) is 17.8 Å². The van der Waals surface area contributed by atoms with Gasteiger partial charge in [0.05, 0.1) is 18.5 Å². The second-order valence-electron chi connectivity index (χ2n) is 8.93. The predicted molar refractivity (Wildman–Crippen MR) is 127 cm³/mol. The van der Waals surface area contributed by atoms with Crippen LogP contribution in [-0.2, 0) is 18.4 Å². The molecule has 1 atom stereocenters. The first-order chi connectivity index (χ1) is 16.3. The molecule has 4 rings (SSSR count). The van der Waals surface area contributed by atoms with Crippen LogP contribution in [-0.4, -0.2) is 65.6 Å². The van der Waals surface area contributed by atoms with Gasteiger partial charge in [0.2, 0.25) is 5.91 Å². The summed E-state index contributed by atoms with van der Waals surface area (Å²) in [5, 5.41) is 24.3. The average Bonchev–Trinajstić information content (AvgIpc) is 3.16. The number of nitrogens with zero attached hydrogens (tertiary/aromatic N) is 5. The highest BCUT2D eigenvalue weighted by atomic mass is 16.3. The number of carbonyl (C=O) groups excluding carboxylic acids is 1. The Morgan fingerprint density at radius 2 is 1.91 bits per heavy atom. The third-order valence-electron chi connectivity index (χ3n) is 6.46. The van der Waals surface area contributed by atoms with Crippen molar-refractivity contribution in [1.29, 1.82) is 0 Å². The average molecular weight is 464 g/mol. The van der Waals surface area contributed by atoms with Crippen LogP contribution in [0, 0.1) is 11.8 Å². The van der Waals surface area contributed by atoms with E-state index >= 15 is 0 Å². The molecule has 3 heterocycles. The van der Waals surface area contributed by atoms with E-state index in [-0.39, 0.29) is 36.1 Å². The zero-order valence-corrected chi connectivity index (χ0v) is 19.4. The number of aromatic nitrogens is 4. The molecule has 1 aromatic carbocycles. The summed E-state index contributed by atoms with van der Waals surface area (Å²) >= 11 is 0. The van der Waals surface area contributed by atoms with Crippen molar-refractivity contribution in [2.75, 3.05) is 19.7 Å². The zero-order chi connectivity index (χ0) is 24.3. The molecule has 1 saturated heterocycles. The Bertz CT molecular complexity index is 1290. The molecule has 2 N–H and O–H groups in total. The van der Waals surface area contributed by atoms with E-state index < -0.39 is 5.60 Å². The molecule has 1 aliphatic rings. The zero-order valence-electron chi connectivity index (χ0n) is 19.4. The lowest BCUT2D eigenvalue weighted by molar-refractivity contribution is -0.136. The number of fused-ring (bicyclic) bond motifs is 1. The number of amides is 1. The molecule has 178 valence electrons. The molecule has 1 fully saturated rings. The Hall–Kier alpha value is -3.48. The quantitative estimate of drug-likeness (QED) is 0.547. The van der Waals surface area contributed by atoms with Crippen LogP contribution in [0.2, 0.25) is 0 Å². The topological polar surface area (TPSA) is 113 Å². The second kappa shape index (κ2) is 9.79. The highest BCUT2D eigenvalue weighted by Crippen LogP contribution is 2.26. The van der Waals surface area contributed by atoms with Gasteiger partial charge < -0.3 is 15.1 Å². The van der Waals surface area contributed by atoms with Gasteiger partial charge in [0, 0.05) is 26.6 Å². The minimum atomic E-state index is -1.12. The molecule has 1 amide bonds. The maximum absolute atomic E-state index is 13.0. The molecular formula is C25H29N5O4. The fraction of sp³-hybridized carbons (Fsp3) is 0.440. The lowest BCUT2D eigenvalue weighted by Gasteiger charge is -2.38. The van der Waals surface area contributed by atoms with Gasteiger partial charge in [0.25, 0.3) is 5.56 Å². The van der Waals surface area contributed by atoms with Gasteiger partial charge in [-0.05, 0) is 30.2 Å². The van der Waals surface area contributed by atoms with Crippen molar-refractivity contribution >= 4 is 16.9 Å². The van der Waals surface area contributed by atoms with Crippen LogP contribution in [0.5, 0.6) is 0 Å². The van der Waals surface area contributed by atoms with Gasteiger partial charge in [0.15, 0.2) is 5.52 Å². The summed E-state index contributed by atoms with van der Waals surface area (Å²) in [6.07, 6.45) is 2.56. The first-order valence-electron chi connectivity index (χ1n) is 11.4. The van der Waals surface area contributed by atoms with Crippen molar-refractivity contribution < 1.29 is 15.0 Å². The molecule has 34 heavy (non-hydrogen) atoms. The smallest absolute Gasteiger partial charge is 0.281 e. The number of likely N-dealkylation sites (tertiary alicyclic amines) is 1. The third-order valence-corrected chi connectivity index (χ3v) is 6.46. The van der Waals surface area contributed by atoms with Crippen LogP contribution in [0.3, 0.4) is 0 Å². The number of piperidine rings is 1. The molecule has 1 aliphatic heterocycles. The first-order valence-corrected chi connectivity index (χ1v) is 11.4. The van der Waals surface area contributed by atoms with Gasteiger partial charge >= 0.3 is 0 Å². The van der Waals surface area contributed by atoms with Gasteiger partial charge in [-0.25, -0.2) is 4.98 Å². The number of aryl methyl sites for hydroxylation is 1. The summed E-state index contributed by atoms with van der Waals surface area (Å²) in [5.41, 5.74) is 0.634. The van der Waals surface area contributed by atoms with Crippen molar-refractivity contribution in [3.63, 3.8) is 0 Å². The van der Waals surface area contributed by atoms with Crippen LogP contribution >= 0.6 is 0 Å². The molecule has 0 radical (unpaired) electrons. The maximum Gasteiger partial charge on any atom is 0.281 e. The van der Waals surface area contributed by atoms with Crippen molar-refractivity contribution in [2.45, 2.75) is 44.2 Å². The van der Waals surface area contributed by atoms with E-state index in [9.17, 15) is 14.7 Å². The largest absolute Gasteiger partial charge is 0.388 e. The van der Waals surface area contributed by atoms with Crippen LogP contribution in [0.1, 0.15) is 43.4 Å². The number of rotatable bonds is 5. The van der Waals surface area contributed by atoms with E-state index in [1.165, 1.54) is 15.6 Å². The second-order valence-corrected chi connectivity index (χ2v) is 8.93. The van der Waals surface area contributed by atoms with Crippen LogP contribution < -0.4 is 5.56 Å². The molecule has 3 aromatic rings. The summed E-state index contributed by atoms with van der Waals surface area (Å²) in [4.78, 5) is 31.9. The van der Waals surface area contributed by atoms with Gasteiger partial charge in [-0.15, -0.1) is 0 Å². The number of aliphatic hydroxyl groups excluding tert-OH is 1. The summed E-state index contributed by atoms with van der Waals surface area (Å²) in [7, 11) is 1.66. The lowest BCUT2D eigenvalue weighted by atomic mass is 9.90. The van der Waals surface area contributed by atoms with E-state index in [0.29, 0.717) is 43.6 Å². The van der Waals surface area contributed by atoms with Gasteiger partial charge in [-0.3, -0.25) is 18.8 Å². The van der Waals surface area contributed by atoms with Gasteiger partial charge in [-0.1, -0.05) is 43.2 Å². The van der Waals surface area contributed by atoms with Gasteiger partial charge in [-0.2, -0.15) is 5.10 Å². The molecule has 1 unspecified atom stereocenters. The van der Waals surface area contributed by atoms with Crippen molar-refractivity contribution in [3.05, 3.63) is 58.3 Å². The first kappa shape index (κ1) is 23.7. The number of aliphatic hydroxyl groups is 2. The van der Waals surface area contributed by atoms with Crippen LogP contribution in [0.25, 0.3) is 11.0 Å². The van der Waals surface area contributed by atoms with Crippen molar-refractivity contribution in [2.24, 2.45) is 7.05 Å². The summed E-state index contributed by atoms with van der Waals surface area (Å²) < 4.78 is 2.83. The Labute approximate surface area is 197 Å². The van der Waals surface area contributed by atoms with E-state index in [0.717, 1.165) is 5.56 Å². The normalized spacial score (nSPS) is 16.2. The third kappa shape index (κ3) is 4.88. The number of benzene rings is 1. The molecule has 9 nitrogen and oxygen atoms in total. The Kier molecular flexibility index (Phi) is 6.82. The van der Waals surface area contributed by atoms with Crippen molar-refractivity contribution in [3.8, 4) is 11.8 Å². The summed E-state index contributed by atoms with van der Waals surface area (Å²) in [6, 6.07) is 9.96. The SMILES string of the molecule is CC(CC(=O)N1CCC(O)(Cn2cnc3c(C#CCO)n(C)nc3c2=O)CC1)c1ccccc1. The molecule has 0 bridgehead atoms. The predicted octanol–water partition coefficient (Wildman–Crippen LogP) is 1.02. The molecule has 0 saturated carbocycles. The number of carbonyl (C=O) groups is 1. The highest BCUT2D eigenvalue weighted by Gasteiger charge is 2.35. The van der Waals surface area contributed by atoms with Crippen molar-refractivity contribution in [1.82, 2.24) is 24.2 Å². The Balaban J connectivity index is 1.42. The van der Waals surface area contributed by atoms with E-state index in [4.69, 9.17) is 5.11 Å². The fourth-order valence-electron chi connectivity index (χ4n) is 4.41. The minimum absolute atomic E-state index is 0.0728. The lowest BCUT2D eigenvalue weighted by Crippen LogP contribution is -2.49. The Morgan fingerprint density at radius 1 is 1.21 bits per heavy atom. The van der Waals surface area contributed by atoms with E-state index in [1.54, 1.807) is 11.9 Å². The molecule has 0 spiro atoms. The summed E-state index contributed by atoms with van der Waals surface area (Å²) in [5.74, 6) is 5.50. The van der Waals surface area contributed by atoms with E-state index in [1.807, 2.05) is 37.3 Å². The minimum Gasteiger partial charge on any atom is -0.388 e. The highest BCUT2D eigenvalue weighted by molar-refractivity contribution is 5.79. The summed E-state index contributed by atoms with van der Waals surface area (Å²) in [6.45, 7) is 2.69. The molecule has 2 aromatic heterocycles. The number of hydrogen-bond donors (Lipinski definition) is 2. The molecule has 9 heteroatoms. The number of hydrogen-bond acceptors (Lipinski definition) is 6. The fourth-order valence-corrected chi connectivity index (χ4v) is 4.41. The Morgan fingerprint density at radius 3 is 2.59 bits per heavy atom. The molecular weight excluding hydrogens is 434 g/mol.